The minimum Gasteiger partial charge on any atom is -0.335 e. The number of urea groups is 2. The Morgan fingerprint density at radius 3 is 2.00 bits per heavy atom. The van der Waals surface area contributed by atoms with Crippen molar-refractivity contribution in [1.82, 2.24) is 10.6 Å². The lowest BCUT2D eigenvalue weighted by Crippen LogP contribution is -2.36. The van der Waals surface area contributed by atoms with Gasteiger partial charge in [-0.15, -0.1) is 0 Å². The molecule has 0 fully saturated rings. The summed E-state index contributed by atoms with van der Waals surface area (Å²) >= 11 is 0. The summed E-state index contributed by atoms with van der Waals surface area (Å²) in [4.78, 5) is 23.8. The van der Waals surface area contributed by atoms with Crippen molar-refractivity contribution in [3.63, 3.8) is 0 Å². The summed E-state index contributed by atoms with van der Waals surface area (Å²) in [5, 5.41) is 11.3. The van der Waals surface area contributed by atoms with Gasteiger partial charge in [-0.2, -0.15) is 0 Å². The number of carbonyl (C=O) groups is 2. The molecule has 2 atom stereocenters. The minimum absolute atomic E-state index is 0.109. The van der Waals surface area contributed by atoms with Crippen molar-refractivity contribution in [3.8, 4) is 0 Å². The molecule has 1 rings (SSSR count). The van der Waals surface area contributed by atoms with E-state index < -0.39 is 0 Å². The van der Waals surface area contributed by atoms with Gasteiger partial charge in [0.2, 0.25) is 0 Å². The summed E-state index contributed by atoms with van der Waals surface area (Å²) in [5.41, 5.74) is 2.24. The van der Waals surface area contributed by atoms with Crippen LogP contribution in [0.4, 0.5) is 21.0 Å². The second-order valence-corrected chi connectivity index (χ2v) is 5.85. The monoisotopic (exact) mass is 320 g/mol. The summed E-state index contributed by atoms with van der Waals surface area (Å²) in [6.45, 7) is 9.82. The van der Waals surface area contributed by atoms with Crippen LogP contribution in [-0.2, 0) is 0 Å². The van der Waals surface area contributed by atoms with Gasteiger partial charge in [0.1, 0.15) is 0 Å². The Bertz CT molecular complexity index is 545. The zero-order valence-electron chi connectivity index (χ0n) is 14.6. The molecule has 0 radical (unpaired) electrons. The molecule has 4 N–H and O–H groups in total. The molecule has 0 saturated heterocycles. The molecule has 6 nitrogen and oxygen atoms in total. The van der Waals surface area contributed by atoms with Crippen LogP contribution in [0.3, 0.4) is 0 Å². The summed E-state index contributed by atoms with van der Waals surface area (Å²) in [6.07, 6.45) is 1.73. The minimum atomic E-state index is -0.252. The van der Waals surface area contributed by atoms with Crippen LogP contribution in [0.2, 0.25) is 0 Å². The molecule has 0 aromatic heterocycles. The summed E-state index contributed by atoms with van der Waals surface area (Å²) in [5.74, 6) is 0. The Balaban J connectivity index is 2.71. The zero-order valence-corrected chi connectivity index (χ0v) is 14.6. The normalized spacial score (nSPS) is 12.9. The first-order valence-corrected chi connectivity index (χ1v) is 8.11. The van der Waals surface area contributed by atoms with Crippen molar-refractivity contribution in [1.29, 1.82) is 0 Å². The quantitative estimate of drug-likeness (QED) is 0.642. The standard InChI is InChI=1S/C17H28N4O2/c1-6-12(4)18-16(22)20-14-9-8-11(3)15(10-14)21-17(23)19-13(5)7-2/h8-10,12-13H,6-7H2,1-5H3,(H2,18,20,22)(H2,19,21,23)/t12-,13-/m0/s1. The maximum absolute atomic E-state index is 11.9. The van der Waals surface area contributed by atoms with Gasteiger partial charge < -0.3 is 21.3 Å². The molecule has 1 aromatic rings. The van der Waals surface area contributed by atoms with Crippen molar-refractivity contribution in [2.75, 3.05) is 10.6 Å². The lowest BCUT2D eigenvalue weighted by molar-refractivity contribution is 0.248. The maximum atomic E-state index is 11.9. The van der Waals surface area contributed by atoms with Crippen LogP contribution in [0, 0.1) is 6.92 Å². The number of anilines is 2. The van der Waals surface area contributed by atoms with Crippen molar-refractivity contribution >= 4 is 23.4 Å². The fourth-order valence-corrected chi connectivity index (χ4v) is 1.81. The van der Waals surface area contributed by atoms with Crippen LogP contribution in [-0.4, -0.2) is 24.1 Å². The first-order valence-electron chi connectivity index (χ1n) is 8.11. The molecule has 1 aromatic carbocycles. The van der Waals surface area contributed by atoms with Gasteiger partial charge in [-0.25, -0.2) is 9.59 Å². The fraction of sp³-hybridized carbons (Fsp3) is 0.529. The van der Waals surface area contributed by atoms with E-state index in [2.05, 4.69) is 21.3 Å². The Kier molecular flexibility index (Phi) is 7.38. The van der Waals surface area contributed by atoms with Crippen molar-refractivity contribution < 1.29 is 9.59 Å². The summed E-state index contributed by atoms with van der Waals surface area (Å²) in [6, 6.07) is 5.14. The van der Waals surface area contributed by atoms with E-state index in [9.17, 15) is 9.59 Å². The number of aryl methyl sites for hydroxylation is 1. The number of carbonyl (C=O) groups excluding carboxylic acids is 2. The fourth-order valence-electron chi connectivity index (χ4n) is 1.81. The Labute approximate surface area is 138 Å². The lowest BCUT2D eigenvalue weighted by atomic mass is 10.2. The third-order valence-corrected chi connectivity index (χ3v) is 3.72. The molecule has 23 heavy (non-hydrogen) atoms. The van der Waals surface area contributed by atoms with Gasteiger partial charge >= 0.3 is 12.1 Å². The highest BCUT2D eigenvalue weighted by Gasteiger charge is 2.10. The lowest BCUT2D eigenvalue weighted by Gasteiger charge is -2.16. The SMILES string of the molecule is CC[C@H](C)NC(=O)Nc1ccc(C)c(NC(=O)N[C@@H](C)CC)c1. The Hall–Kier alpha value is -2.24. The first kappa shape index (κ1) is 18.8. The highest BCUT2D eigenvalue weighted by Crippen LogP contribution is 2.20. The molecule has 0 bridgehead atoms. The first-order chi connectivity index (χ1) is 10.8. The van der Waals surface area contributed by atoms with Crippen molar-refractivity contribution in [2.45, 2.75) is 59.5 Å². The van der Waals surface area contributed by atoms with Gasteiger partial charge in [0.05, 0.1) is 0 Å². The van der Waals surface area contributed by atoms with Crippen LogP contribution in [0.25, 0.3) is 0 Å². The van der Waals surface area contributed by atoms with Gasteiger partial charge in [-0.1, -0.05) is 19.9 Å². The highest BCUT2D eigenvalue weighted by atomic mass is 16.2. The number of benzene rings is 1. The van der Waals surface area contributed by atoms with Crippen molar-refractivity contribution in [2.24, 2.45) is 0 Å². The summed E-state index contributed by atoms with van der Waals surface area (Å²) < 4.78 is 0. The number of nitrogens with one attached hydrogen (secondary N) is 4. The number of rotatable bonds is 6. The maximum Gasteiger partial charge on any atom is 0.319 e. The number of hydrogen-bond donors (Lipinski definition) is 4. The molecule has 0 unspecified atom stereocenters. The largest absolute Gasteiger partial charge is 0.335 e. The van der Waals surface area contributed by atoms with Crippen LogP contribution in [0.15, 0.2) is 18.2 Å². The van der Waals surface area contributed by atoms with E-state index in [-0.39, 0.29) is 24.1 Å². The third kappa shape index (κ3) is 6.59. The van der Waals surface area contributed by atoms with Gasteiger partial charge in [-0.05, 0) is 51.3 Å². The van der Waals surface area contributed by atoms with Gasteiger partial charge in [0, 0.05) is 23.5 Å². The molecule has 6 heteroatoms. The second kappa shape index (κ2) is 9.02. The predicted molar refractivity (Wildman–Crippen MR) is 95.0 cm³/mol. The van der Waals surface area contributed by atoms with Crippen LogP contribution >= 0.6 is 0 Å². The average molecular weight is 320 g/mol. The third-order valence-electron chi connectivity index (χ3n) is 3.72. The van der Waals surface area contributed by atoms with Gasteiger partial charge in [0.15, 0.2) is 0 Å². The van der Waals surface area contributed by atoms with E-state index in [1.54, 1.807) is 6.07 Å². The second-order valence-electron chi connectivity index (χ2n) is 5.85. The Morgan fingerprint density at radius 1 is 0.957 bits per heavy atom. The molecule has 128 valence electrons. The number of amides is 4. The molecule has 4 amide bonds. The predicted octanol–water partition coefficient (Wildman–Crippen LogP) is 3.84. The molecule has 0 heterocycles. The number of hydrogen-bond acceptors (Lipinski definition) is 2. The average Bonchev–Trinajstić information content (AvgIpc) is 2.50. The van der Waals surface area contributed by atoms with Gasteiger partial charge in [0.25, 0.3) is 0 Å². The molecule has 0 spiro atoms. The van der Waals surface area contributed by atoms with Crippen LogP contribution < -0.4 is 21.3 Å². The smallest absolute Gasteiger partial charge is 0.319 e. The van der Waals surface area contributed by atoms with E-state index >= 15 is 0 Å². The Morgan fingerprint density at radius 2 is 1.48 bits per heavy atom. The van der Waals surface area contributed by atoms with Crippen LogP contribution in [0.1, 0.15) is 46.1 Å². The molecular weight excluding hydrogens is 292 g/mol. The summed E-state index contributed by atoms with van der Waals surface area (Å²) in [7, 11) is 0. The molecule has 0 aliphatic rings. The van der Waals surface area contributed by atoms with E-state index in [0.717, 1.165) is 18.4 Å². The van der Waals surface area contributed by atoms with Crippen LogP contribution in [0.5, 0.6) is 0 Å². The molecular formula is C17H28N4O2. The highest BCUT2D eigenvalue weighted by molar-refractivity contribution is 5.93. The van der Waals surface area contributed by atoms with Crippen molar-refractivity contribution in [3.05, 3.63) is 23.8 Å². The van der Waals surface area contributed by atoms with E-state index in [4.69, 9.17) is 0 Å². The van der Waals surface area contributed by atoms with E-state index in [0.29, 0.717) is 11.4 Å². The molecule has 0 aliphatic carbocycles. The zero-order chi connectivity index (χ0) is 17.4. The van der Waals surface area contributed by atoms with E-state index in [1.807, 2.05) is 46.8 Å². The van der Waals surface area contributed by atoms with Gasteiger partial charge in [-0.3, -0.25) is 0 Å². The molecule has 0 saturated carbocycles. The van der Waals surface area contributed by atoms with E-state index in [1.165, 1.54) is 0 Å². The molecule has 0 aliphatic heterocycles. The topological polar surface area (TPSA) is 82.3 Å².